The van der Waals surface area contributed by atoms with Crippen molar-refractivity contribution >= 4 is 57.1 Å². The second-order valence-corrected chi connectivity index (χ2v) is 9.07. The van der Waals surface area contributed by atoms with Crippen LogP contribution in [0.25, 0.3) is 22.2 Å². The van der Waals surface area contributed by atoms with Crippen LogP contribution in [-0.2, 0) is 0 Å². The molecule has 34 heavy (non-hydrogen) atoms. The second kappa shape index (κ2) is 10.4. The van der Waals surface area contributed by atoms with Crippen LogP contribution in [-0.4, -0.2) is 20.4 Å². The number of fused-ring (bicyclic) bond motifs is 2. The van der Waals surface area contributed by atoms with Gasteiger partial charge in [0.2, 0.25) is 0 Å². The van der Waals surface area contributed by atoms with Gasteiger partial charge in [-0.1, -0.05) is 68.4 Å². The van der Waals surface area contributed by atoms with Crippen molar-refractivity contribution < 1.29 is 4.79 Å². The number of nitriles is 1. The molecule has 0 unspecified atom stereocenters. The molecule has 8 heteroatoms. The molecule has 174 valence electrons. The van der Waals surface area contributed by atoms with Crippen molar-refractivity contribution in [2.24, 2.45) is 0 Å². The maximum atomic E-state index is 13.2. The molecule has 2 aromatic heterocycles. The standard InChI is InChI=1S/C26H25Cl2N5O/c1-3-5-6-9-17(4-2)33-24(32-26(34)18-13-12-16(27)14-20(18)28)19(15-29)23-25(33)31-22-11-8-7-10-21(22)30-23/h7-8,10-14,17H,3-6,9H2,1-2H3,(H,32,34)/t17-/m0/s1. The Labute approximate surface area is 208 Å². The molecule has 2 heterocycles. The van der Waals surface area contributed by atoms with E-state index in [1.165, 1.54) is 6.07 Å². The number of carbonyl (C=O) groups is 1. The number of benzene rings is 2. The van der Waals surface area contributed by atoms with Gasteiger partial charge in [-0.2, -0.15) is 5.26 Å². The van der Waals surface area contributed by atoms with E-state index in [4.69, 9.17) is 33.2 Å². The fourth-order valence-corrected chi connectivity index (χ4v) is 4.74. The lowest BCUT2D eigenvalue weighted by Gasteiger charge is -2.21. The van der Waals surface area contributed by atoms with Gasteiger partial charge in [0.15, 0.2) is 5.65 Å². The third-order valence-electron chi connectivity index (χ3n) is 5.99. The summed E-state index contributed by atoms with van der Waals surface area (Å²) in [5.41, 5.74) is 3.07. The molecule has 0 aliphatic rings. The average molecular weight is 494 g/mol. The number of unbranched alkanes of at least 4 members (excludes halogenated alkanes) is 2. The highest BCUT2D eigenvalue weighted by atomic mass is 35.5. The molecule has 0 saturated heterocycles. The number of rotatable bonds is 8. The number of amides is 1. The predicted molar refractivity (Wildman–Crippen MR) is 138 cm³/mol. The Hall–Kier alpha value is -3.14. The molecule has 0 aliphatic carbocycles. The lowest BCUT2D eigenvalue weighted by Crippen LogP contribution is -2.19. The zero-order valence-electron chi connectivity index (χ0n) is 19.1. The van der Waals surface area contributed by atoms with Crippen molar-refractivity contribution in [3.63, 3.8) is 0 Å². The number of anilines is 1. The number of halogens is 2. The fraction of sp³-hybridized carbons (Fsp3) is 0.308. The van der Waals surface area contributed by atoms with E-state index in [1.54, 1.807) is 12.1 Å². The van der Waals surface area contributed by atoms with Crippen LogP contribution in [0.5, 0.6) is 0 Å². The zero-order valence-corrected chi connectivity index (χ0v) is 20.6. The minimum absolute atomic E-state index is 0.0441. The van der Waals surface area contributed by atoms with Crippen LogP contribution in [0.1, 0.15) is 67.9 Å². The van der Waals surface area contributed by atoms with E-state index in [1.807, 2.05) is 28.8 Å². The number of nitrogens with zero attached hydrogens (tertiary/aromatic N) is 4. The maximum absolute atomic E-state index is 13.2. The van der Waals surface area contributed by atoms with Gasteiger partial charge in [-0.05, 0) is 43.2 Å². The summed E-state index contributed by atoms with van der Waals surface area (Å²) in [7, 11) is 0. The van der Waals surface area contributed by atoms with Gasteiger partial charge in [0.25, 0.3) is 5.91 Å². The van der Waals surface area contributed by atoms with Crippen molar-refractivity contribution in [2.45, 2.75) is 52.0 Å². The summed E-state index contributed by atoms with van der Waals surface area (Å²) in [6.45, 7) is 4.27. The summed E-state index contributed by atoms with van der Waals surface area (Å²) in [5.74, 6) is -0.0256. The Balaban J connectivity index is 1.91. The summed E-state index contributed by atoms with van der Waals surface area (Å²) in [6, 6.07) is 14.6. The zero-order chi connectivity index (χ0) is 24.2. The lowest BCUT2D eigenvalue weighted by molar-refractivity contribution is 0.102. The van der Waals surface area contributed by atoms with Gasteiger partial charge in [0.05, 0.1) is 21.6 Å². The molecule has 1 N–H and O–H groups in total. The number of hydrogen-bond acceptors (Lipinski definition) is 4. The van der Waals surface area contributed by atoms with E-state index in [9.17, 15) is 10.1 Å². The highest BCUT2D eigenvalue weighted by Crippen LogP contribution is 2.36. The molecule has 0 fully saturated rings. The molecule has 2 aromatic carbocycles. The van der Waals surface area contributed by atoms with Gasteiger partial charge in [0, 0.05) is 11.1 Å². The van der Waals surface area contributed by atoms with Gasteiger partial charge < -0.3 is 9.88 Å². The number of aromatic nitrogens is 3. The molecule has 0 aliphatic heterocycles. The summed E-state index contributed by atoms with van der Waals surface area (Å²) in [6.07, 6.45) is 4.97. The van der Waals surface area contributed by atoms with Crippen molar-refractivity contribution in [3.8, 4) is 6.07 Å². The average Bonchev–Trinajstić information content (AvgIpc) is 3.12. The van der Waals surface area contributed by atoms with Gasteiger partial charge in [-0.3, -0.25) is 4.79 Å². The monoisotopic (exact) mass is 493 g/mol. The quantitative estimate of drug-likeness (QED) is 0.256. The van der Waals surface area contributed by atoms with E-state index in [-0.39, 0.29) is 16.6 Å². The Kier molecular flexibility index (Phi) is 7.35. The van der Waals surface area contributed by atoms with E-state index in [2.05, 4.69) is 25.2 Å². The van der Waals surface area contributed by atoms with E-state index >= 15 is 0 Å². The summed E-state index contributed by atoms with van der Waals surface area (Å²) in [5, 5.41) is 13.7. The Morgan fingerprint density at radius 1 is 1.12 bits per heavy atom. The number of hydrogen-bond donors (Lipinski definition) is 1. The van der Waals surface area contributed by atoms with Crippen LogP contribution >= 0.6 is 23.2 Å². The number of carbonyl (C=O) groups excluding carboxylic acids is 1. The first-order valence-corrected chi connectivity index (χ1v) is 12.2. The van der Waals surface area contributed by atoms with Crippen LogP contribution in [0.2, 0.25) is 10.0 Å². The molecule has 1 amide bonds. The maximum Gasteiger partial charge on any atom is 0.258 e. The highest BCUT2D eigenvalue weighted by Gasteiger charge is 2.26. The first kappa shape index (κ1) is 24.0. The van der Waals surface area contributed by atoms with Crippen molar-refractivity contribution in [1.82, 2.24) is 14.5 Å². The third-order valence-corrected chi connectivity index (χ3v) is 6.54. The van der Waals surface area contributed by atoms with Crippen LogP contribution < -0.4 is 5.32 Å². The van der Waals surface area contributed by atoms with Gasteiger partial charge in [0.1, 0.15) is 23.0 Å². The molecule has 4 aromatic rings. The van der Waals surface area contributed by atoms with Gasteiger partial charge in [-0.25, -0.2) is 9.97 Å². The fourth-order valence-electron chi connectivity index (χ4n) is 4.24. The van der Waals surface area contributed by atoms with E-state index in [0.29, 0.717) is 33.1 Å². The molecule has 0 saturated carbocycles. The Morgan fingerprint density at radius 2 is 1.85 bits per heavy atom. The number of para-hydroxylation sites is 2. The molecule has 0 radical (unpaired) electrons. The van der Waals surface area contributed by atoms with Gasteiger partial charge >= 0.3 is 0 Å². The molecular weight excluding hydrogens is 469 g/mol. The minimum atomic E-state index is -0.421. The van der Waals surface area contributed by atoms with E-state index in [0.717, 1.165) is 37.6 Å². The SMILES string of the molecule is CCCCC[C@H](CC)n1c(NC(=O)c2ccc(Cl)cc2Cl)c(C#N)c2nc3ccccc3nc21. The van der Waals surface area contributed by atoms with Crippen LogP contribution in [0, 0.1) is 11.3 Å². The van der Waals surface area contributed by atoms with E-state index < -0.39 is 5.91 Å². The topological polar surface area (TPSA) is 83.6 Å². The van der Waals surface area contributed by atoms with Crippen molar-refractivity contribution in [1.29, 1.82) is 5.26 Å². The van der Waals surface area contributed by atoms with Crippen molar-refractivity contribution in [2.75, 3.05) is 5.32 Å². The highest BCUT2D eigenvalue weighted by molar-refractivity contribution is 6.37. The molecule has 4 rings (SSSR count). The van der Waals surface area contributed by atoms with Crippen molar-refractivity contribution in [3.05, 3.63) is 63.6 Å². The number of nitrogens with one attached hydrogen (secondary N) is 1. The predicted octanol–water partition coefficient (Wildman–Crippen LogP) is 7.55. The molecule has 1 atom stereocenters. The molecule has 0 bridgehead atoms. The molecule has 6 nitrogen and oxygen atoms in total. The van der Waals surface area contributed by atoms with Gasteiger partial charge in [-0.15, -0.1) is 0 Å². The smallest absolute Gasteiger partial charge is 0.258 e. The first-order chi connectivity index (χ1) is 16.5. The normalized spacial score (nSPS) is 12.1. The lowest BCUT2D eigenvalue weighted by atomic mass is 10.1. The Bertz CT molecular complexity index is 1410. The van der Waals surface area contributed by atoms with Crippen LogP contribution in [0.3, 0.4) is 0 Å². The first-order valence-electron chi connectivity index (χ1n) is 11.5. The largest absolute Gasteiger partial charge is 0.307 e. The third kappa shape index (κ3) is 4.59. The summed E-state index contributed by atoms with van der Waals surface area (Å²) in [4.78, 5) is 22.9. The van der Waals surface area contributed by atoms with Crippen LogP contribution in [0.15, 0.2) is 42.5 Å². The molecule has 0 spiro atoms. The summed E-state index contributed by atoms with van der Waals surface area (Å²) >= 11 is 12.3. The Morgan fingerprint density at radius 3 is 2.50 bits per heavy atom. The summed E-state index contributed by atoms with van der Waals surface area (Å²) < 4.78 is 1.98. The van der Waals surface area contributed by atoms with Crippen LogP contribution in [0.4, 0.5) is 5.82 Å². The second-order valence-electron chi connectivity index (χ2n) is 8.23. The molecular formula is C26H25Cl2N5O. The minimum Gasteiger partial charge on any atom is -0.307 e.